The molecule has 18 heavy (non-hydrogen) atoms. The summed E-state index contributed by atoms with van der Waals surface area (Å²) in [6.07, 6.45) is 1.60. The normalized spacial score (nSPS) is 10.4. The highest BCUT2D eigenvalue weighted by molar-refractivity contribution is 6.31. The van der Waals surface area contributed by atoms with Crippen molar-refractivity contribution >= 4 is 11.6 Å². The molecule has 1 heterocycles. The Morgan fingerprint density at radius 3 is 2.78 bits per heavy atom. The molecule has 0 radical (unpaired) electrons. The molecule has 5 heteroatoms. The van der Waals surface area contributed by atoms with Crippen LogP contribution < -0.4 is 10.5 Å². The summed E-state index contributed by atoms with van der Waals surface area (Å²) in [5, 5.41) is 0.377. The quantitative estimate of drug-likeness (QED) is 0.926. The molecule has 0 atom stereocenters. The minimum Gasteiger partial charge on any atom is -0.437 e. The van der Waals surface area contributed by atoms with Gasteiger partial charge in [0.05, 0.1) is 0 Å². The van der Waals surface area contributed by atoms with Gasteiger partial charge in [-0.15, -0.1) is 0 Å². The molecule has 0 aliphatic rings. The van der Waals surface area contributed by atoms with Crippen LogP contribution in [-0.2, 0) is 6.54 Å². The van der Waals surface area contributed by atoms with E-state index in [1.165, 1.54) is 12.1 Å². The Morgan fingerprint density at radius 1 is 1.39 bits per heavy atom. The molecule has 1 aromatic heterocycles. The first-order valence-electron chi connectivity index (χ1n) is 5.38. The van der Waals surface area contributed by atoms with Crippen molar-refractivity contribution in [1.82, 2.24) is 4.98 Å². The Morgan fingerprint density at radius 2 is 2.17 bits per heavy atom. The average Bonchev–Trinajstić information content (AvgIpc) is 2.34. The lowest BCUT2D eigenvalue weighted by Gasteiger charge is -2.09. The molecule has 0 fully saturated rings. The van der Waals surface area contributed by atoms with Crippen LogP contribution in [-0.4, -0.2) is 4.98 Å². The molecule has 0 aliphatic heterocycles. The van der Waals surface area contributed by atoms with Crippen LogP contribution in [0.5, 0.6) is 11.6 Å². The highest BCUT2D eigenvalue weighted by Crippen LogP contribution is 2.29. The molecule has 0 saturated heterocycles. The van der Waals surface area contributed by atoms with E-state index in [2.05, 4.69) is 4.98 Å². The van der Waals surface area contributed by atoms with Crippen molar-refractivity contribution in [2.75, 3.05) is 0 Å². The fraction of sp³-hybridized carbons (Fsp3) is 0.154. The van der Waals surface area contributed by atoms with E-state index in [0.717, 1.165) is 5.56 Å². The summed E-state index contributed by atoms with van der Waals surface area (Å²) in [5.74, 6) is 0.493. The number of nitrogens with zero attached hydrogens (tertiary/aromatic N) is 1. The van der Waals surface area contributed by atoms with Gasteiger partial charge in [0.25, 0.3) is 0 Å². The summed E-state index contributed by atoms with van der Waals surface area (Å²) in [6, 6.07) is 5.95. The highest BCUT2D eigenvalue weighted by atomic mass is 35.5. The second kappa shape index (κ2) is 5.33. The maximum Gasteiger partial charge on any atom is 0.238 e. The number of nitrogens with two attached hydrogens (primary N) is 1. The van der Waals surface area contributed by atoms with Crippen molar-refractivity contribution in [2.24, 2.45) is 5.73 Å². The molecule has 2 N–H and O–H groups in total. The number of hydrogen-bond acceptors (Lipinski definition) is 3. The third-order valence-corrected chi connectivity index (χ3v) is 2.71. The van der Waals surface area contributed by atoms with Crippen molar-refractivity contribution in [3.8, 4) is 11.6 Å². The van der Waals surface area contributed by atoms with Crippen molar-refractivity contribution in [1.29, 1.82) is 0 Å². The van der Waals surface area contributed by atoms with Crippen molar-refractivity contribution in [2.45, 2.75) is 13.5 Å². The minimum atomic E-state index is -0.308. The smallest absolute Gasteiger partial charge is 0.238 e. The van der Waals surface area contributed by atoms with E-state index in [0.29, 0.717) is 22.9 Å². The van der Waals surface area contributed by atoms with Crippen LogP contribution in [0, 0.1) is 12.7 Å². The maximum atomic E-state index is 13.0. The molecule has 0 bridgehead atoms. The first-order valence-corrected chi connectivity index (χ1v) is 5.76. The summed E-state index contributed by atoms with van der Waals surface area (Å²) in [4.78, 5) is 4.08. The maximum absolute atomic E-state index is 13.0. The van der Waals surface area contributed by atoms with Crippen LogP contribution >= 0.6 is 11.6 Å². The second-order valence-electron chi connectivity index (χ2n) is 3.85. The van der Waals surface area contributed by atoms with Gasteiger partial charge in [-0.25, -0.2) is 9.37 Å². The average molecular weight is 267 g/mol. The SMILES string of the molecule is Cc1cc(F)ccc1Oc1ncc(CN)cc1Cl. The van der Waals surface area contributed by atoms with Gasteiger partial charge in [-0.05, 0) is 42.3 Å². The summed E-state index contributed by atoms with van der Waals surface area (Å²) in [7, 11) is 0. The van der Waals surface area contributed by atoms with Crippen molar-refractivity contribution in [3.05, 3.63) is 52.4 Å². The van der Waals surface area contributed by atoms with E-state index in [1.807, 2.05) is 0 Å². The van der Waals surface area contributed by atoms with Gasteiger partial charge < -0.3 is 10.5 Å². The number of ether oxygens (including phenoxy) is 1. The highest BCUT2D eigenvalue weighted by Gasteiger charge is 2.08. The van der Waals surface area contributed by atoms with Gasteiger partial charge in [-0.3, -0.25) is 0 Å². The molecule has 1 aromatic carbocycles. The molecule has 0 unspecified atom stereocenters. The topological polar surface area (TPSA) is 48.1 Å². The summed E-state index contributed by atoms with van der Waals surface area (Å²) in [5.41, 5.74) is 6.98. The van der Waals surface area contributed by atoms with Crippen LogP contribution in [0.25, 0.3) is 0 Å². The van der Waals surface area contributed by atoms with Crippen LogP contribution in [0.15, 0.2) is 30.5 Å². The van der Waals surface area contributed by atoms with Gasteiger partial charge in [0.2, 0.25) is 5.88 Å². The lowest BCUT2D eigenvalue weighted by atomic mass is 10.2. The minimum absolute atomic E-state index is 0.281. The van der Waals surface area contributed by atoms with E-state index in [1.54, 1.807) is 25.3 Å². The van der Waals surface area contributed by atoms with Crippen LogP contribution in [0.1, 0.15) is 11.1 Å². The molecular weight excluding hydrogens is 255 g/mol. The third-order valence-electron chi connectivity index (χ3n) is 2.44. The fourth-order valence-electron chi connectivity index (χ4n) is 1.48. The Bertz CT molecular complexity index is 575. The Hall–Kier alpha value is -1.65. The van der Waals surface area contributed by atoms with E-state index in [4.69, 9.17) is 22.1 Å². The van der Waals surface area contributed by atoms with E-state index < -0.39 is 0 Å². The van der Waals surface area contributed by atoms with Gasteiger partial charge in [0, 0.05) is 12.7 Å². The third kappa shape index (κ3) is 2.78. The number of aryl methyl sites for hydroxylation is 1. The Balaban J connectivity index is 2.28. The molecule has 0 saturated carbocycles. The van der Waals surface area contributed by atoms with Gasteiger partial charge in [0.15, 0.2) is 0 Å². The number of benzene rings is 1. The Kier molecular flexibility index (Phi) is 3.79. The molecule has 2 aromatic rings. The molecule has 0 amide bonds. The summed E-state index contributed by atoms with van der Waals surface area (Å²) < 4.78 is 18.5. The van der Waals surface area contributed by atoms with E-state index in [-0.39, 0.29) is 11.7 Å². The van der Waals surface area contributed by atoms with Crippen LogP contribution in [0.2, 0.25) is 5.02 Å². The lowest BCUT2D eigenvalue weighted by Crippen LogP contribution is -1.98. The van der Waals surface area contributed by atoms with E-state index >= 15 is 0 Å². The number of aromatic nitrogens is 1. The zero-order valence-corrected chi connectivity index (χ0v) is 10.5. The second-order valence-corrected chi connectivity index (χ2v) is 4.25. The standard InChI is InChI=1S/C13H12ClFN2O/c1-8-4-10(15)2-3-12(8)18-13-11(14)5-9(6-16)7-17-13/h2-5,7H,6,16H2,1H3. The zero-order valence-electron chi connectivity index (χ0n) is 9.78. The van der Waals surface area contributed by atoms with Gasteiger partial charge >= 0.3 is 0 Å². The first kappa shape index (κ1) is 12.8. The van der Waals surface area contributed by atoms with Gasteiger partial charge in [-0.1, -0.05) is 11.6 Å². The lowest BCUT2D eigenvalue weighted by molar-refractivity contribution is 0.457. The number of pyridine rings is 1. The predicted octanol–water partition coefficient (Wildman–Crippen LogP) is 3.43. The molecular formula is C13H12ClFN2O. The van der Waals surface area contributed by atoms with Crippen molar-refractivity contribution < 1.29 is 9.13 Å². The fourth-order valence-corrected chi connectivity index (χ4v) is 1.71. The van der Waals surface area contributed by atoms with Gasteiger partial charge in [0.1, 0.15) is 16.6 Å². The molecule has 94 valence electrons. The van der Waals surface area contributed by atoms with Crippen LogP contribution in [0.4, 0.5) is 4.39 Å². The number of halogens is 2. The van der Waals surface area contributed by atoms with Gasteiger partial charge in [-0.2, -0.15) is 0 Å². The van der Waals surface area contributed by atoms with E-state index in [9.17, 15) is 4.39 Å². The molecule has 0 aliphatic carbocycles. The largest absolute Gasteiger partial charge is 0.437 e. The zero-order chi connectivity index (χ0) is 13.1. The number of hydrogen-bond donors (Lipinski definition) is 1. The van der Waals surface area contributed by atoms with Crippen molar-refractivity contribution in [3.63, 3.8) is 0 Å². The monoisotopic (exact) mass is 266 g/mol. The molecule has 3 nitrogen and oxygen atoms in total. The number of rotatable bonds is 3. The summed E-state index contributed by atoms with van der Waals surface area (Å²) in [6.45, 7) is 2.11. The molecule has 0 spiro atoms. The van der Waals surface area contributed by atoms with Crippen LogP contribution in [0.3, 0.4) is 0 Å². The first-order chi connectivity index (χ1) is 8.60. The Labute approximate surface area is 109 Å². The predicted molar refractivity (Wildman–Crippen MR) is 68.3 cm³/mol. The summed E-state index contributed by atoms with van der Waals surface area (Å²) >= 11 is 6.02. The molecule has 2 rings (SSSR count).